The zero-order valence-corrected chi connectivity index (χ0v) is 12.5. The maximum Gasteiger partial charge on any atom is 0.294 e. The Labute approximate surface area is 131 Å². The van der Waals surface area contributed by atoms with Crippen LogP contribution >= 0.6 is 0 Å². The molecule has 1 unspecified atom stereocenters. The predicted octanol–water partition coefficient (Wildman–Crippen LogP) is 2.05. The zero-order chi connectivity index (χ0) is 17.0. The fourth-order valence-corrected chi connectivity index (χ4v) is 2.27. The van der Waals surface area contributed by atoms with Crippen molar-refractivity contribution in [3.05, 3.63) is 69.8 Å². The lowest BCUT2D eigenvalue weighted by Crippen LogP contribution is -2.04. The van der Waals surface area contributed by atoms with E-state index in [0.717, 1.165) is 0 Å². The molecule has 23 heavy (non-hydrogen) atoms. The van der Waals surface area contributed by atoms with Crippen molar-refractivity contribution in [2.75, 3.05) is 0 Å². The van der Waals surface area contributed by atoms with Gasteiger partial charge in [0.15, 0.2) is 6.29 Å². The number of nitrogens with zero attached hydrogens (tertiary/aromatic N) is 1. The summed E-state index contributed by atoms with van der Waals surface area (Å²) >= 11 is 0. The van der Waals surface area contributed by atoms with Gasteiger partial charge < -0.3 is 9.84 Å². The Kier molecular flexibility index (Phi) is 5.06. The molecule has 0 amide bonds. The Bertz CT molecular complexity index is 785. The van der Waals surface area contributed by atoms with Crippen LogP contribution in [0.2, 0.25) is 0 Å². The molecule has 0 aliphatic carbocycles. The van der Waals surface area contributed by atoms with E-state index in [1.807, 2.05) is 0 Å². The molecule has 0 aliphatic rings. The summed E-state index contributed by atoms with van der Waals surface area (Å²) in [6.45, 7) is -0.0100. The Morgan fingerprint density at radius 1 is 1.09 bits per heavy atom. The highest BCUT2D eigenvalue weighted by Crippen LogP contribution is 2.20. The number of aliphatic hydroxyl groups excluding tert-OH is 1. The standard InChI is InChI=1S/C14H13NO7S/c16-14(11-3-5-12(6-4-11)15(17)18)22-9-10-1-7-13(8-2-10)23(19,20)21/h1-8,14,16H,9H2,(H,19,20,21). The molecule has 9 heteroatoms. The fraction of sp³-hybridized carbons (Fsp3) is 0.143. The van der Waals surface area contributed by atoms with Crippen molar-refractivity contribution in [3.63, 3.8) is 0 Å². The predicted molar refractivity (Wildman–Crippen MR) is 79.1 cm³/mol. The summed E-state index contributed by atoms with van der Waals surface area (Å²) in [6, 6.07) is 10.6. The van der Waals surface area contributed by atoms with Crippen molar-refractivity contribution >= 4 is 15.8 Å². The number of aliphatic hydroxyl groups is 1. The van der Waals surface area contributed by atoms with Gasteiger partial charge in [-0.1, -0.05) is 12.1 Å². The van der Waals surface area contributed by atoms with Gasteiger partial charge in [0.25, 0.3) is 15.8 Å². The largest absolute Gasteiger partial charge is 0.364 e. The van der Waals surface area contributed by atoms with Gasteiger partial charge in [0.05, 0.1) is 16.4 Å². The first-order valence-corrected chi connectivity index (χ1v) is 7.82. The second-order valence-electron chi connectivity index (χ2n) is 4.63. The minimum absolute atomic E-state index is 0.0100. The SMILES string of the molecule is O=[N+]([O-])c1ccc(C(O)OCc2ccc(S(=O)(=O)O)cc2)cc1. The number of non-ortho nitro benzene ring substituents is 1. The van der Waals surface area contributed by atoms with E-state index in [1.54, 1.807) is 0 Å². The van der Waals surface area contributed by atoms with E-state index in [4.69, 9.17) is 9.29 Å². The molecule has 0 fully saturated rings. The molecule has 0 saturated carbocycles. The Balaban J connectivity index is 1.98. The third kappa shape index (κ3) is 4.57. The number of nitro benzene ring substituents is 1. The molecule has 0 radical (unpaired) electrons. The first-order valence-electron chi connectivity index (χ1n) is 6.38. The molecule has 8 nitrogen and oxygen atoms in total. The summed E-state index contributed by atoms with van der Waals surface area (Å²) in [4.78, 5) is 9.76. The lowest BCUT2D eigenvalue weighted by molar-refractivity contribution is -0.384. The van der Waals surface area contributed by atoms with Gasteiger partial charge in [0.1, 0.15) is 0 Å². The smallest absolute Gasteiger partial charge is 0.294 e. The molecule has 2 N–H and O–H groups in total. The molecule has 0 heterocycles. The van der Waals surface area contributed by atoms with E-state index < -0.39 is 21.3 Å². The van der Waals surface area contributed by atoms with Crippen molar-refractivity contribution in [2.24, 2.45) is 0 Å². The first kappa shape index (κ1) is 17.0. The summed E-state index contributed by atoms with van der Waals surface area (Å²) in [5.41, 5.74) is 0.838. The molecule has 2 aromatic carbocycles. The maximum atomic E-state index is 10.9. The average Bonchev–Trinajstić information content (AvgIpc) is 2.52. The van der Waals surface area contributed by atoms with Gasteiger partial charge in [-0.2, -0.15) is 8.42 Å². The van der Waals surface area contributed by atoms with Gasteiger partial charge in [0.2, 0.25) is 0 Å². The van der Waals surface area contributed by atoms with Crippen LogP contribution in [-0.4, -0.2) is 23.0 Å². The van der Waals surface area contributed by atoms with Crippen LogP contribution in [0, 0.1) is 10.1 Å². The maximum absolute atomic E-state index is 10.9. The highest BCUT2D eigenvalue weighted by Gasteiger charge is 2.12. The number of ether oxygens (including phenoxy) is 1. The van der Waals surface area contributed by atoms with Gasteiger partial charge in [-0.25, -0.2) is 0 Å². The molecule has 0 saturated heterocycles. The molecule has 1 atom stereocenters. The summed E-state index contributed by atoms with van der Waals surface area (Å²) < 4.78 is 35.9. The summed E-state index contributed by atoms with van der Waals surface area (Å²) in [7, 11) is -4.25. The molecular formula is C14H13NO7S. The second-order valence-corrected chi connectivity index (χ2v) is 6.05. The lowest BCUT2D eigenvalue weighted by atomic mass is 10.2. The van der Waals surface area contributed by atoms with Crippen molar-refractivity contribution in [1.82, 2.24) is 0 Å². The van der Waals surface area contributed by atoms with E-state index >= 15 is 0 Å². The van der Waals surface area contributed by atoms with Crippen LogP contribution in [-0.2, 0) is 21.5 Å². The number of rotatable bonds is 6. The molecule has 122 valence electrons. The first-order chi connectivity index (χ1) is 10.8. The summed E-state index contributed by atoms with van der Waals surface area (Å²) in [6.07, 6.45) is -1.28. The molecule has 0 spiro atoms. The van der Waals surface area contributed by atoms with E-state index in [1.165, 1.54) is 48.5 Å². The van der Waals surface area contributed by atoms with Gasteiger partial charge in [-0.05, 0) is 29.8 Å². The monoisotopic (exact) mass is 339 g/mol. The summed E-state index contributed by atoms with van der Waals surface area (Å²) in [5, 5.41) is 20.4. The average molecular weight is 339 g/mol. The second kappa shape index (κ2) is 6.84. The van der Waals surface area contributed by atoms with Crippen LogP contribution in [0.15, 0.2) is 53.4 Å². The normalized spacial score (nSPS) is 12.8. The fourth-order valence-electron chi connectivity index (χ4n) is 1.79. The minimum atomic E-state index is -4.25. The van der Waals surface area contributed by atoms with E-state index in [2.05, 4.69) is 0 Å². The highest BCUT2D eigenvalue weighted by atomic mass is 32.2. The van der Waals surface area contributed by atoms with Crippen molar-refractivity contribution < 1.29 is 27.7 Å². The van der Waals surface area contributed by atoms with E-state index in [-0.39, 0.29) is 17.2 Å². The minimum Gasteiger partial charge on any atom is -0.364 e. The highest BCUT2D eigenvalue weighted by molar-refractivity contribution is 7.85. The third-order valence-electron chi connectivity index (χ3n) is 3.02. The quantitative estimate of drug-likeness (QED) is 0.357. The van der Waals surface area contributed by atoms with Gasteiger partial charge >= 0.3 is 0 Å². The Morgan fingerprint density at radius 2 is 1.65 bits per heavy atom. The number of hydrogen-bond donors (Lipinski definition) is 2. The van der Waals surface area contributed by atoms with Gasteiger partial charge in [-0.15, -0.1) is 0 Å². The van der Waals surface area contributed by atoms with Gasteiger partial charge in [-0.3, -0.25) is 14.7 Å². The number of benzene rings is 2. The van der Waals surface area contributed by atoms with Gasteiger partial charge in [0, 0.05) is 17.7 Å². The molecule has 0 bridgehead atoms. The van der Waals surface area contributed by atoms with Crippen LogP contribution in [0.1, 0.15) is 17.4 Å². The molecule has 0 aromatic heterocycles. The lowest BCUT2D eigenvalue weighted by Gasteiger charge is -2.12. The number of nitro groups is 1. The topological polar surface area (TPSA) is 127 Å². The third-order valence-corrected chi connectivity index (χ3v) is 3.89. The molecule has 2 aromatic rings. The summed E-state index contributed by atoms with van der Waals surface area (Å²) in [5.74, 6) is 0. The molecular weight excluding hydrogens is 326 g/mol. The Morgan fingerprint density at radius 3 is 2.13 bits per heavy atom. The zero-order valence-electron chi connectivity index (χ0n) is 11.7. The van der Waals surface area contributed by atoms with Crippen LogP contribution in [0.25, 0.3) is 0 Å². The molecule has 2 rings (SSSR count). The van der Waals surface area contributed by atoms with Crippen LogP contribution in [0.3, 0.4) is 0 Å². The van der Waals surface area contributed by atoms with Crippen molar-refractivity contribution in [1.29, 1.82) is 0 Å². The van der Waals surface area contributed by atoms with E-state index in [9.17, 15) is 23.6 Å². The van der Waals surface area contributed by atoms with Crippen LogP contribution in [0.5, 0.6) is 0 Å². The number of hydrogen-bond acceptors (Lipinski definition) is 6. The van der Waals surface area contributed by atoms with Crippen molar-refractivity contribution in [3.8, 4) is 0 Å². The van der Waals surface area contributed by atoms with Crippen LogP contribution in [0.4, 0.5) is 5.69 Å². The molecule has 0 aliphatic heterocycles. The van der Waals surface area contributed by atoms with E-state index in [0.29, 0.717) is 11.1 Å². The van der Waals surface area contributed by atoms with Crippen molar-refractivity contribution in [2.45, 2.75) is 17.8 Å². The Hall–Kier alpha value is -2.33. The van der Waals surface area contributed by atoms with Crippen LogP contribution < -0.4 is 0 Å².